The van der Waals surface area contributed by atoms with Crippen molar-refractivity contribution in [3.8, 4) is 0 Å². The zero-order valence-electron chi connectivity index (χ0n) is 5.22. The van der Waals surface area contributed by atoms with E-state index in [-0.39, 0.29) is 6.10 Å². The number of aliphatic hydroxyl groups excluding tert-OH is 1. The number of hydrogen-bond donors (Lipinski definition) is 1. The highest BCUT2D eigenvalue weighted by Crippen LogP contribution is 2.23. The van der Waals surface area contributed by atoms with Crippen molar-refractivity contribution in [2.24, 2.45) is 0 Å². The van der Waals surface area contributed by atoms with Crippen LogP contribution < -0.4 is 0 Å². The molecule has 1 aliphatic rings. The summed E-state index contributed by atoms with van der Waals surface area (Å²) >= 11 is 0. The van der Waals surface area contributed by atoms with E-state index in [9.17, 15) is 0 Å². The lowest BCUT2D eigenvalue weighted by molar-refractivity contribution is 0.218. The molecule has 1 nitrogen and oxygen atoms in total. The van der Waals surface area contributed by atoms with Crippen LogP contribution in [0, 0.1) is 0 Å². The van der Waals surface area contributed by atoms with Crippen molar-refractivity contribution in [2.75, 3.05) is 0 Å². The molecule has 1 N–H and O–H groups in total. The first-order valence-electron chi connectivity index (χ1n) is 3.17. The monoisotopic (exact) mass is 112 g/mol. The summed E-state index contributed by atoms with van der Waals surface area (Å²) in [7, 11) is 0. The van der Waals surface area contributed by atoms with Crippen LogP contribution in [0.2, 0.25) is 0 Å². The van der Waals surface area contributed by atoms with E-state index in [0.29, 0.717) is 0 Å². The molecule has 1 saturated carbocycles. The molecule has 0 aromatic heterocycles. The van der Waals surface area contributed by atoms with Crippen molar-refractivity contribution in [3.05, 3.63) is 11.6 Å². The summed E-state index contributed by atoms with van der Waals surface area (Å²) in [6.45, 7) is 1.99. The van der Waals surface area contributed by atoms with Gasteiger partial charge in [-0.05, 0) is 31.8 Å². The molecule has 0 aliphatic heterocycles. The third-order valence-electron chi connectivity index (χ3n) is 1.74. The Hall–Kier alpha value is -0.300. The van der Waals surface area contributed by atoms with E-state index in [1.165, 1.54) is 12.0 Å². The van der Waals surface area contributed by atoms with Gasteiger partial charge in [0.25, 0.3) is 0 Å². The fourth-order valence-corrected chi connectivity index (χ4v) is 1.19. The first kappa shape index (κ1) is 5.83. The summed E-state index contributed by atoms with van der Waals surface area (Å²) in [5, 5.41) is 9.12. The highest BCUT2D eigenvalue weighted by molar-refractivity contribution is 5.10. The first-order chi connectivity index (χ1) is 3.84. The Morgan fingerprint density at radius 3 is 2.75 bits per heavy atom. The normalized spacial score (nSPS) is 34.2. The predicted molar refractivity (Wildman–Crippen MR) is 33.6 cm³/mol. The molecule has 8 heavy (non-hydrogen) atoms. The van der Waals surface area contributed by atoms with Crippen LogP contribution in [0.4, 0.5) is 0 Å². The lowest BCUT2D eigenvalue weighted by Gasteiger charge is -1.99. The van der Waals surface area contributed by atoms with Gasteiger partial charge in [-0.15, -0.1) is 0 Å². The van der Waals surface area contributed by atoms with Gasteiger partial charge >= 0.3 is 0 Å². The maximum absolute atomic E-state index is 9.12. The Balaban J connectivity index is 2.55. The van der Waals surface area contributed by atoms with Crippen LogP contribution in [0.3, 0.4) is 0 Å². The maximum Gasteiger partial charge on any atom is 0.0750 e. The van der Waals surface area contributed by atoms with Gasteiger partial charge in [-0.3, -0.25) is 0 Å². The second-order valence-electron chi connectivity index (χ2n) is 2.27. The molecule has 0 bridgehead atoms. The molecular weight excluding hydrogens is 100 g/mol. The molecule has 0 unspecified atom stereocenters. The largest absolute Gasteiger partial charge is 0.389 e. The summed E-state index contributed by atoms with van der Waals surface area (Å²) in [5.41, 5.74) is 1.23. The smallest absolute Gasteiger partial charge is 0.0750 e. The van der Waals surface area contributed by atoms with Gasteiger partial charge in [0.05, 0.1) is 6.10 Å². The predicted octanol–water partition coefficient (Wildman–Crippen LogP) is 1.48. The van der Waals surface area contributed by atoms with Gasteiger partial charge in [0.15, 0.2) is 0 Å². The van der Waals surface area contributed by atoms with Crippen LogP contribution in [0.1, 0.15) is 26.2 Å². The lowest BCUT2D eigenvalue weighted by atomic mass is 10.2. The second-order valence-corrected chi connectivity index (χ2v) is 2.27. The maximum atomic E-state index is 9.12. The van der Waals surface area contributed by atoms with E-state index < -0.39 is 0 Å². The topological polar surface area (TPSA) is 20.2 Å². The highest BCUT2D eigenvalue weighted by Gasteiger charge is 2.15. The fraction of sp³-hybridized carbons (Fsp3) is 0.714. The molecular formula is C7H12O. The van der Waals surface area contributed by atoms with E-state index >= 15 is 0 Å². The number of hydrogen-bond acceptors (Lipinski definition) is 1. The van der Waals surface area contributed by atoms with Crippen molar-refractivity contribution in [2.45, 2.75) is 32.3 Å². The Kier molecular flexibility index (Phi) is 1.69. The third kappa shape index (κ3) is 0.920. The number of aliphatic hydroxyl groups is 1. The van der Waals surface area contributed by atoms with E-state index in [0.717, 1.165) is 12.8 Å². The average Bonchev–Trinajstić information content (AvgIpc) is 2.14. The molecule has 1 atom stereocenters. The first-order valence-corrected chi connectivity index (χ1v) is 3.17. The van der Waals surface area contributed by atoms with Gasteiger partial charge < -0.3 is 5.11 Å². The molecule has 0 aromatic carbocycles. The van der Waals surface area contributed by atoms with E-state index in [2.05, 4.69) is 0 Å². The molecule has 1 rings (SSSR count). The summed E-state index contributed by atoms with van der Waals surface area (Å²) in [6, 6.07) is 0. The van der Waals surface area contributed by atoms with E-state index in [4.69, 9.17) is 5.11 Å². The molecule has 46 valence electrons. The van der Waals surface area contributed by atoms with Gasteiger partial charge in [-0.25, -0.2) is 0 Å². The molecule has 1 aliphatic carbocycles. The van der Waals surface area contributed by atoms with Crippen molar-refractivity contribution in [1.29, 1.82) is 0 Å². The van der Waals surface area contributed by atoms with Gasteiger partial charge in [-0.2, -0.15) is 0 Å². The lowest BCUT2D eigenvalue weighted by Crippen LogP contribution is -1.99. The van der Waals surface area contributed by atoms with Crippen LogP contribution in [0.15, 0.2) is 11.6 Å². The molecule has 0 aromatic rings. The van der Waals surface area contributed by atoms with Crippen molar-refractivity contribution < 1.29 is 5.11 Å². The van der Waals surface area contributed by atoms with Gasteiger partial charge in [0.1, 0.15) is 0 Å². The van der Waals surface area contributed by atoms with Gasteiger partial charge in [-0.1, -0.05) is 6.08 Å². The zero-order chi connectivity index (χ0) is 5.98. The summed E-state index contributed by atoms with van der Waals surface area (Å²) in [5.74, 6) is 0. The van der Waals surface area contributed by atoms with Crippen LogP contribution in [0.25, 0.3) is 0 Å². The SMILES string of the molecule is C/C=C1\CCC[C@@H]1O. The number of allylic oxidation sites excluding steroid dienone is 1. The van der Waals surface area contributed by atoms with Crippen LogP contribution in [-0.2, 0) is 0 Å². The highest BCUT2D eigenvalue weighted by atomic mass is 16.3. The minimum absolute atomic E-state index is 0.111. The van der Waals surface area contributed by atoms with Crippen LogP contribution in [-0.4, -0.2) is 11.2 Å². The van der Waals surface area contributed by atoms with Crippen molar-refractivity contribution in [1.82, 2.24) is 0 Å². The molecule has 1 heteroatoms. The summed E-state index contributed by atoms with van der Waals surface area (Å²) < 4.78 is 0. The molecule has 1 fully saturated rings. The minimum atomic E-state index is -0.111. The zero-order valence-corrected chi connectivity index (χ0v) is 5.22. The average molecular weight is 112 g/mol. The second kappa shape index (κ2) is 2.31. The Morgan fingerprint density at radius 2 is 2.50 bits per heavy atom. The van der Waals surface area contributed by atoms with Gasteiger partial charge in [0, 0.05) is 0 Å². The van der Waals surface area contributed by atoms with Gasteiger partial charge in [0.2, 0.25) is 0 Å². The van der Waals surface area contributed by atoms with E-state index in [1.54, 1.807) is 0 Å². The molecule has 0 radical (unpaired) electrons. The quantitative estimate of drug-likeness (QED) is 0.470. The standard InChI is InChI=1S/C7H12O/c1-2-6-4-3-5-7(6)8/h2,7-8H,3-5H2,1H3/b6-2+/t7-/m0/s1. The molecule has 0 amide bonds. The molecule has 0 spiro atoms. The molecule has 0 heterocycles. The summed E-state index contributed by atoms with van der Waals surface area (Å²) in [4.78, 5) is 0. The van der Waals surface area contributed by atoms with E-state index in [1.807, 2.05) is 13.0 Å². The fourth-order valence-electron chi connectivity index (χ4n) is 1.19. The van der Waals surface area contributed by atoms with Crippen LogP contribution >= 0.6 is 0 Å². The van der Waals surface area contributed by atoms with Crippen LogP contribution in [0.5, 0.6) is 0 Å². The Labute approximate surface area is 50.0 Å². The number of rotatable bonds is 0. The summed E-state index contributed by atoms with van der Waals surface area (Å²) in [6.07, 6.45) is 5.16. The third-order valence-corrected chi connectivity index (χ3v) is 1.74. The van der Waals surface area contributed by atoms with Crippen molar-refractivity contribution >= 4 is 0 Å². The van der Waals surface area contributed by atoms with Crippen molar-refractivity contribution in [3.63, 3.8) is 0 Å². The Morgan fingerprint density at radius 1 is 1.75 bits per heavy atom. The molecule has 0 saturated heterocycles. The minimum Gasteiger partial charge on any atom is -0.389 e. The Bertz CT molecular complexity index is 105.